The Balaban J connectivity index is 1.80. The summed E-state index contributed by atoms with van der Waals surface area (Å²) in [5.74, 6) is 0.373. The van der Waals surface area contributed by atoms with E-state index in [0.717, 1.165) is 5.56 Å². The van der Waals surface area contributed by atoms with Crippen molar-refractivity contribution in [2.24, 2.45) is 4.99 Å². The van der Waals surface area contributed by atoms with Crippen molar-refractivity contribution in [3.8, 4) is 11.5 Å². The molecule has 2 aliphatic rings. The summed E-state index contributed by atoms with van der Waals surface area (Å²) in [7, 11) is -3.19. The van der Waals surface area contributed by atoms with Crippen LogP contribution in [0.15, 0.2) is 47.5 Å². The zero-order chi connectivity index (χ0) is 21.5. The van der Waals surface area contributed by atoms with Gasteiger partial charge in [-0.25, -0.2) is 8.42 Å². The number of amides is 1. The first-order valence-electron chi connectivity index (χ1n) is 9.13. The fraction of sp³-hybridized carbons (Fsp3) is 0.300. The quantitative estimate of drug-likeness (QED) is 0.602. The Kier molecular flexibility index (Phi) is 6.03. The lowest BCUT2D eigenvalue weighted by Crippen LogP contribution is -2.38. The number of rotatable bonds is 4. The van der Waals surface area contributed by atoms with Gasteiger partial charge in [-0.15, -0.1) is 11.6 Å². The third-order valence-electron chi connectivity index (χ3n) is 4.80. The minimum atomic E-state index is -3.19. The molecule has 0 unspecified atom stereocenters. The van der Waals surface area contributed by atoms with Crippen LogP contribution in [-0.4, -0.2) is 48.2 Å². The Hall–Kier alpha value is -1.74. The topological polar surface area (TPSA) is 76.0 Å². The van der Waals surface area contributed by atoms with Crippen LogP contribution in [0, 0.1) is 6.92 Å². The zero-order valence-corrected chi connectivity index (χ0v) is 19.1. The molecule has 2 saturated heterocycles. The number of fused-ring (bicyclic) bond motifs is 1. The largest absolute Gasteiger partial charge is 0.455 e. The van der Waals surface area contributed by atoms with E-state index in [1.165, 1.54) is 11.8 Å². The summed E-state index contributed by atoms with van der Waals surface area (Å²) in [6.07, 6.45) is 0. The van der Waals surface area contributed by atoms with Crippen molar-refractivity contribution in [3.05, 3.63) is 53.1 Å². The van der Waals surface area contributed by atoms with E-state index in [0.29, 0.717) is 27.4 Å². The van der Waals surface area contributed by atoms with Crippen LogP contribution in [0.4, 0.5) is 5.69 Å². The number of nitrogens with zero attached hydrogens (tertiary/aromatic N) is 2. The molecule has 2 atom stereocenters. The maximum absolute atomic E-state index is 12.3. The van der Waals surface area contributed by atoms with Crippen LogP contribution >= 0.6 is 35.0 Å². The van der Waals surface area contributed by atoms with Crippen molar-refractivity contribution in [2.75, 3.05) is 22.3 Å². The molecule has 2 aliphatic heterocycles. The first kappa shape index (κ1) is 21.5. The molecule has 0 bridgehead atoms. The number of hydrogen-bond donors (Lipinski definition) is 0. The van der Waals surface area contributed by atoms with Gasteiger partial charge in [0.1, 0.15) is 11.6 Å². The first-order chi connectivity index (χ1) is 14.3. The Morgan fingerprint density at radius 2 is 2.07 bits per heavy atom. The highest BCUT2D eigenvalue weighted by atomic mass is 35.5. The molecular weight excluding hydrogens is 467 g/mol. The van der Waals surface area contributed by atoms with Gasteiger partial charge in [0.2, 0.25) is 0 Å². The summed E-state index contributed by atoms with van der Waals surface area (Å²) in [4.78, 5) is 17.8. The molecule has 0 radical (unpaired) electrons. The van der Waals surface area contributed by atoms with E-state index >= 15 is 0 Å². The summed E-state index contributed by atoms with van der Waals surface area (Å²) in [6, 6.07) is 12.3. The number of aliphatic imine (C=N–C) groups is 1. The van der Waals surface area contributed by atoms with Gasteiger partial charge < -0.3 is 9.64 Å². The van der Waals surface area contributed by atoms with Gasteiger partial charge in [0.15, 0.2) is 20.8 Å². The number of carbonyl (C=O) groups excluding carboxylic acids is 1. The van der Waals surface area contributed by atoms with E-state index in [9.17, 15) is 13.2 Å². The monoisotopic (exact) mass is 484 g/mol. The van der Waals surface area contributed by atoms with Crippen LogP contribution in [0.1, 0.15) is 5.56 Å². The fourth-order valence-corrected chi connectivity index (χ4v) is 7.70. The normalized spacial score (nSPS) is 23.6. The van der Waals surface area contributed by atoms with Crippen LogP contribution in [0.25, 0.3) is 0 Å². The molecule has 0 spiro atoms. The van der Waals surface area contributed by atoms with E-state index in [1.807, 2.05) is 31.2 Å². The summed E-state index contributed by atoms with van der Waals surface area (Å²) >= 11 is 13.2. The Morgan fingerprint density at radius 3 is 2.80 bits per heavy atom. The van der Waals surface area contributed by atoms with Crippen molar-refractivity contribution < 1.29 is 17.9 Å². The second kappa shape index (κ2) is 8.42. The number of halogens is 2. The number of benzene rings is 2. The Morgan fingerprint density at radius 1 is 1.27 bits per heavy atom. The maximum atomic E-state index is 12.3. The smallest absolute Gasteiger partial charge is 0.262 e. The lowest BCUT2D eigenvalue weighted by atomic mass is 10.2. The SMILES string of the molecule is Cc1cccc(Oc2ccc(Cl)cc2N2C(=NC(=O)CCl)S[C@H]3CS(=O)(=O)C[C@H]32)c1. The van der Waals surface area contributed by atoms with Crippen LogP contribution in [0.5, 0.6) is 11.5 Å². The summed E-state index contributed by atoms with van der Waals surface area (Å²) in [5.41, 5.74) is 1.60. The molecule has 2 fully saturated rings. The van der Waals surface area contributed by atoms with Crippen molar-refractivity contribution in [2.45, 2.75) is 18.2 Å². The summed E-state index contributed by atoms with van der Waals surface area (Å²) in [6.45, 7) is 1.96. The number of amidine groups is 1. The predicted molar refractivity (Wildman–Crippen MR) is 122 cm³/mol. The van der Waals surface area contributed by atoms with E-state index < -0.39 is 15.7 Å². The van der Waals surface area contributed by atoms with Gasteiger partial charge in [0.05, 0.1) is 23.2 Å². The van der Waals surface area contributed by atoms with Crippen molar-refractivity contribution >= 4 is 61.6 Å². The van der Waals surface area contributed by atoms with Gasteiger partial charge in [0.25, 0.3) is 5.91 Å². The second-order valence-corrected chi connectivity index (χ2v) is 11.2. The average molecular weight is 485 g/mol. The number of carbonyl (C=O) groups is 1. The molecule has 0 N–H and O–H groups in total. The van der Waals surface area contributed by atoms with Crippen LogP contribution in [-0.2, 0) is 14.6 Å². The maximum Gasteiger partial charge on any atom is 0.262 e. The third kappa shape index (κ3) is 4.46. The van der Waals surface area contributed by atoms with Crippen LogP contribution < -0.4 is 9.64 Å². The number of ether oxygens (including phenoxy) is 1. The first-order valence-corrected chi connectivity index (χ1v) is 12.7. The molecule has 6 nitrogen and oxygen atoms in total. The van der Waals surface area contributed by atoms with Crippen molar-refractivity contribution in [1.82, 2.24) is 0 Å². The molecule has 158 valence electrons. The molecule has 10 heteroatoms. The van der Waals surface area contributed by atoms with Crippen LogP contribution in [0.2, 0.25) is 5.02 Å². The number of hydrogen-bond acceptors (Lipinski definition) is 5. The highest BCUT2D eigenvalue weighted by Gasteiger charge is 2.50. The molecule has 30 heavy (non-hydrogen) atoms. The molecule has 2 aromatic rings. The van der Waals surface area contributed by atoms with Crippen molar-refractivity contribution in [1.29, 1.82) is 0 Å². The minimum Gasteiger partial charge on any atom is -0.455 e. The van der Waals surface area contributed by atoms with E-state index in [2.05, 4.69) is 4.99 Å². The highest BCUT2D eigenvalue weighted by molar-refractivity contribution is 8.16. The van der Waals surface area contributed by atoms with E-state index in [1.54, 1.807) is 23.1 Å². The average Bonchev–Trinajstić information content (AvgIpc) is 3.14. The van der Waals surface area contributed by atoms with Crippen LogP contribution in [0.3, 0.4) is 0 Å². The Labute approximate surface area is 189 Å². The van der Waals surface area contributed by atoms with Gasteiger partial charge in [-0.1, -0.05) is 35.5 Å². The molecule has 0 aliphatic carbocycles. The molecule has 4 rings (SSSR count). The van der Waals surface area contributed by atoms with Gasteiger partial charge in [0, 0.05) is 10.3 Å². The lowest BCUT2D eigenvalue weighted by Gasteiger charge is -2.26. The molecule has 2 heterocycles. The number of alkyl halides is 1. The van der Waals surface area contributed by atoms with Gasteiger partial charge in [-0.05, 0) is 42.8 Å². The van der Waals surface area contributed by atoms with E-state index in [4.69, 9.17) is 27.9 Å². The third-order valence-corrected chi connectivity index (χ3v) is 8.47. The zero-order valence-electron chi connectivity index (χ0n) is 15.9. The number of thioether (sulfide) groups is 1. The highest BCUT2D eigenvalue weighted by Crippen LogP contribution is 2.45. The fourth-order valence-electron chi connectivity index (χ4n) is 3.55. The molecule has 2 aromatic carbocycles. The van der Waals surface area contributed by atoms with Crippen molar-refractivity contribution in [3.63, 3.8) is 0 Å². The number of anilines is 1. The van der Waals surface area contributed by atoms with Gasteiger partial charge in [-0.3, -0.25) is 4.79 Å². The second-order valence-electron chi connectivity index (χ2n) is 7.12. The number of aryl methyl sites for hydroxylation is 1. The van der Waals surface area contributed by atoms with Gasteiger partial charge in [-0.2, -0.15) is 4.99 Å². The molecule has 0 aromatic heterocycles. The van der Waals surface area contributed by atoms with Gasteiger partial charge >= 0.3 is 0 Å². The minimum absolute atomic E-state index is 0.0293. The summed E-state index contributed by atoms with van der Waals surface area (Å²) in [5, 5.41) is 0.628. The standard InChI is InChI=1S/C20H18Cl2N2O4S2/c1-12-3-2-4-14(7-12)28-17-6-5-13(22)8-15(17)24-16-10-30(26,27)11-18(16)29-20(24)23-19(25)9-21/h2-8,16,18H,9-11H2,1H3/t16-,18+/m1/s1. The summed E-state index contributed by atoms with van der Waals surface area (Å²) < 4.78 is 30.6. The lowest BCUT2D eigenvalue weighted by molar-refractivity contribution is -0.115. The Bertz CT molecular complexity index is 1140. The molecule has 0 saturated carbocycles. The molecular formula is C20H18Cl2N2O4S2. The molecule has 1 amide bonds. The van der Waals surface area contributed by atoms with E-state index in [-0.39, 0.29) is 28.7 Å². The number of sulfone groups is 1. The predicted octanol–water partition coefficient (Wildman–Crippen LogP) is 4.28.